The number of benzene rings is 1. The third kappa shape index (κ3) is 2.32. The highest BCUT2D eigenvalue weighted by Gasteiger charge is 2.26. The van der Waals surface area contributed by atoms with E-state index < -0.39 is 0 Å². The van der Waals surface area contributed by atoms with E-state index in [2.05, 4.69) is 36.1 Å². The van der Waals surface area contributed by atoms with Crippen LogP contribution in [0.2, 0.25) is 0 Å². The highest BCUT2D eigenvalue weighted by atomic mass is 32.1. The van der Waals surface area contributed by atoms with Crippen LogP contribution < -0.4 is 4.57 Å². The molecule has 0 bridgehead atoms. The fraction of sp³-hybridized carbons (Fsp3) is 0.105. The molecule has 0 N–H and O–H groups in total. The molecule has 0 amide bonds. The van der Waals surface area contributed by atoms with Crippen molar-refractivity contribution >= 4 is 11.3 Å². The molecular formula is C19H16NO2S+. The molecule has 0 unspecified atom stereocenters. The van der Waals surface area contributed by atoms with Crippen LogP contribution in [0.25, 0.3) is 28.3 Å². The zero-order valence-corrected chi connectivity index (χ0v) is 13.8. The van der Waals surface area contributed by atoms with Crippen LogP contribution in [0.1, 0.15) is 10.6 Å². The Labute approximate surface area is 138 Å². The molecular weight excluding hydrogens is 306 g/mol. The third-order valence-electron chi connectivity index (χ3n) is 4.06. The predicted molar refractivity (Wildman–Crippen MR) is 90.7 cm³/mol. The van der Waals surface area contributed by atoms with Gasteiger partial charge >= 0.3 is 0 Å². The zero-order valence-electron chi connectivity index (χ0n) is 12.9. The monoisotopic (exact) mass is 322 g/mol. The standard InChI is InChI=1S/C19H16NO2S/c1-13-14(2)23-12-20(13)19-15(17-8-4-10-21-17)6-3-7-16(19)18-9-5-11-22-18/h3-12H,1-2H3/q+1. The summed E-state index contributed by atoms with van der Waals surface area (Å²) in [7, 11) is 0. The third-order valence-corrected chi connectivity index (χ3v) is 5.02. The summed E-state index contributed by atoms with van der Waals surface area (Å²) in [6.45, 7) is 4.27. The molecule has 0 aliphatic carbocycles. The lowest BCUT2D eigenvalue weighted by Crippen LogP contribution is -2.32. The van der Waals surface area contributed by atoms with Crippen LogP contribution >= 0.6 is 11.3 Å². The first-order valence-corrected chi connectivity index (χ1v) is 8.31. The minimum absolute atomic E-state index is 0.851. The van der Waals surface area contributed by atoms with E-state index in [0.717, 1.165) is 28.3 Å². The number of hydrogen-bond acceptors (Lipinski definition) is 3. The van der Waals surface area contributed by atoms with Gasteiger partial charge in [0, 0.05) is 6.92 Å². The molecule has 4 aromatic rings. The maximum Gasteiger partial charge on any atom is 0.233 e. The summed E-state index contributed by atoms with van der Waals surface area (Å²) in [6, 6.07) is 14.0. The van der Waals surface area contributed by atoms with E-state index in [4.69, 9.17) is 8.83 Å². The van der Waals surface area contributed by atoms with Crippen LogP contribution in [0.5, 0.6) is 0 Å². The Balaban J connectivity index is 2.06. The number of para-hydroxylation sites is 1. The highest BCUT2D eigenvalue weighted by molar-refractivity contribution is 7.09. The van der Waals surface area contributed by atoms with Gasteiger partial charge in [-0.15, -0.1) is 0 Å². The molecule has 0 saturated heterocycles. The van der Waals surface area contributed by atoms with Gasteiger partial charge in [0.1, 0.15) is 11.5 Å². The molecule has 23 heavy (non-hydrogen) atoms. The second kappa shape index (κ2) is 5.56. The SMILES string of the molecule is Cc1sc[n+](-c2c(-c3ccco3)cccc2-c2ccco2)c1C. The number of aromatic nitrogens is 1. The highest BCUT2D eigenvalue weighted by Crippen LogP contribution is 2.34. The minimum atomic E-state index is 0.851. The fourth-order valence-corrected chi connectivity index (χ4v) is 3.55. The summed E-state index contributed by atoms with van der Waals surface area (Å²) < 4.78 is 13.5. The van der Waals surface area contributed by atoms with Gasteiger partial charge in [-0.3, -0.25) is 0 Å². The molecule has 0 radical (unpaired) electrons. The van der Waals surface area contributed by atoms with E-state index in [-0.39, 0.29) is 0 Å². The number of rotatable bonds is 3. The average molecular weight is 322 g/mol. The summed E-state index contributed by atoms with van der Waals surface area (Å²) in [5.74, 6) is 1.70. The molecule has 3 heterocycles. The first-order chi connectivity index (χ1) is 11.3. The van der Waals surface area contributed by atoms with Gasteiger partial charge in [0.15, 0.2) is 5.69 Å². The zero-order chi connectivity index (χ0) is 15.8. The van der Waals surface area contributed by atoms with Gasteiger partial charge in [-0.1, -0.05) is 17.4 Å². The van der Waals surface area contributed by atoms with Crippen molar-refractivity contribution < 1.29 is 13.4 Å². The summed E-state index contributed by atoms with van der Waals surface area (Å²) >= 11 is 1.74. The van der Waals surface area contributed by atoms with Crippen LogP contribution in [0, 0.1) is 13.8 Å². The maximum atomic E-state index is 5.66. The second-order valence-electron chi connectivity index (χ2n) is 5.39. The van der Waals surface area contributed by atoms with Crippen molar-refractivity contribution in [2.45, 2.75) is 13.8 Å². The Hall–Kier alpha value is -2.59. The predicted octanol–water partition coefficient (Wildman–Crippen LogP) is 5.16. The summed E-state index contributed by atoms with van der Waals surface area (Å²) in [4.78, 5) is 1.30. The largest absolute Gasteiger partial charge is 0.464 e. The van der Waals surface area contributed by atoms with E-state index >= 15 is 0 Å². The number of furan rings is 2. The first kappa shape index (κ1) is 14.0. The first-order valence-electron chi connectivity index (χ1n) is 7.43. The summed E-state index contributed by atoms with van der Waals surface area (Å²) in [6.07, 6.45) is 3.41. The molecule has 1 aromatic carbocycles. The smallest absolute Gasteiger partial charge is 0.233 e. The molecule has 0 spiro atoms. The molecule has 0 aliphatic rings. The van der Waals surface area contributed by atoms with Crippen molar-refractivity contribution in [2.24, 2.45) is 0 Å². The van der Waals surface area contributed by atoms with E-state index in [0.29, 0.717) is 0 Å². The quantitative estimate of drug-likeness (QED) is 0.488. The molecule has 0 fully saturated rings. The van der Waals surface area contributed by atoms with Crippen LogP contribution in [-0.2, 0) is 0 Å². The molecule has 3 nitrogen and oxygen atoms in total. The number of nitrogens with zero attached hydrogens (tertiary/aromatic N) is 1. The van der Waals surface area contributed by atoms with Crippen molar-refractivity contribution in [2.75, 3.05) is 0 Å². The normalized spacial score (nSPS) is 11.0. The van der Waals surface area contributed by atoms with Gasteiger partial charge in [-0.05, 0) is 43.3 Å². The Morgan fingerprint density at radius 2 is 1.43 bits per heavy atom. The maximum absolute atomic E-state index is 5.66. The van der Waals surface area contributed by atoms with Crippen LogP contribution in [0.15, 0.2) is 69.3 Å². The van der Waals surface area contributed by atoms with Gasteiger partial charge < -0.3 is 8.83 Å². The topological polar surface area (TPSA) is 30.2 Å². The van der Waals surface area contributed by atoms with Crippen molar-refractivity contribution in [1.82, 2.24) is 0 Å². The summed E-state index contributed by atoms with van der Waals surface area (Å²) in [5, 5.41) is 0. The Kier molecular flexibility index (Phi) is 3.39. The van der Waals surface area contributed by atoms with Crippen molar-refractivity contribution in [3.8, 4) is 28.3 Å². The Bertz CT molecular complexity index is 882. The van der Waals surface area contributed by atoms with Gasteiger partial charge in [0.05, 0.1) is 28.5 Å². The molecule has 4 heteroatoms. The lowest BCUT2D eigenvalue weighted by molar-refractivity contribution is -0.596. The molecule has 3 aromatic heterocycles. The molecule has 0 aliphatic heterocycles. The van der Waals surface area contributed by atoms with Crippen LogP contribution in [0.3, 0.4) is 0 Å². The number of aryl methyl sites for hydroxylation is 1. The summed E-state index contributed by atoms with van der Waals surface area (Å²) in [5.41, 5.74) is 6.55. The van der Waals surface area contributed by atoms with Gasteiger partial charge in [-0.2, -0.15) is 4.57 Å². The number of hydrogen-bond donors (Lipinski definition) is 0. The van der Waals surface area contributed by atoms with Gasteiger partial charge in [-0.25, -0.2) is 0 Å². The van der Waals surface area contributed by atoms with E-state index in [1.807, 2.05) is 30.3 Å². The van der Waals surface area contributed by atoms with E-state index in [9.17, 15) is 0 Å². The number of thiazole rings is 1. The van der Waals surface area contributed by atoms with Crippen molar-refractivity contribution in [3.63, 3.8) is 0 Å². The lowest BCUT2D eigenvalue weighted by Gasteiger charge is -2.07. The Morgan fingerprint density at radius 3 is 1.87 bits per heavy atom. The van der Waals surface area contributed by atoms with Gasteiger partial charge in [0.2, 0.25) is 11.2 Å². The molecule has 4 rings (SSSR count). The van der Waals surface area contributed by atoms with Crippen molar-refractivity contribution in [3.05, 3.63) is 71.1 Å². The van der Waals surface area contributed by atoms with Crippen molar-refractivity contribution in [1.29, 1.82) is 0 Å². The second-order valence-corrected chi connectivity index (χ2v) is 6.45. The molecule has 0 saturated carbocycles. The molecule has 114 valence electrons. The average Bonchev–Trinajstić information content (AvgIpc) is 3.31. The van der Waals surface area contributed by atoms with E-state index in [1.54, 1.807) is 23.9 Å². The minimum Gasteiger partial charge on any atom is -0.464 e. The van der Waals surface area contributed by atoms with E-state index in [1.165, 1.54) is 10.6 Å². The Morgan fingerprint density at radius 1 is 0.826 bits per heavy atom. The van der Waals surface area contributed by atoms with Gasteiger partial charge in [0.25, 0.3) is 0 Å². The lowest BCUT2D eigenvalue weighted by atomic mass is 10.0. The fourth-order valence-electron chi connectivity index (χ4n) is 2.75. The molecule has 0 atom stereocenters. The van der Waals surface area contributed by atoms with Crippen LogP contribution in [0.4, 0.5) is 0 Å². The van der Waals surface area contributed by atoms with Crippen LogP contribution in [-0.4, -0.2) is 0 Å².